The Balaban J connectivity index is 2.18. The van der Waals surface area contributed by atoms with Crippen molar-refractivity contribution in [3.05, 3.63) is 64.7 Å². The van der Waals surface area contributed by atoms with Gasteiger partial charge in [0.15, 0.2) is 0 Å². The number of thioether (sulfide) groups is 1. The molecule has 0 saturated heterocycles. The Morgan fingerprint density at radius 3 is 2.55 bits per heavy atom. The van der Waals surface area contributed by atoms with Gasteiger partial charge < -0.3 is 5.11 Å². The van der Waals surface area contributed by atoms with Crippen molar-refractivity contribution in [3.8, 4) is 0 Å². The first-order chi connectivity index (χ1) is 9.58. The number of benzene rings is 2. The van der Waals surface area contributed by atoms with Crippen molar-refractivity contribution in [3.63, 3.8) is 0 Å². The molecule has 0 saturated carbocycles. The molecule has 0 amide bonds. The predicted octanol–water partition coefficient (Wildman–Crippen LogP) is 4.44. The zero-order chi connectivity index (χ0) is 14.5. The first kappa shape index (κ1) is 14.9. The second-order valence-corrected chi connectivity index (χ2v) is 6.17. The van der Waals surface area contributed by atoms with Crippen LogP contribution in [0.4, 0.5) is 0 Å². The number of hydrogen-bond donors (Lipinski definition) is 1. The first-order valence-corrected chi connectivity index (χ1v) is 7.52. The van der Waals surface area contributed by atoms with Gasteiger partial charge in [-0.15, -0.1) is 11.8 Å². The van der Waals surface area contributed by atoms with Crippen LogP contribution in [0.25, 0.3) is 0 Å². The molecule has 0 aromatic heterocycles. The van der Waals surface area contributed by atoms with E-state index in [-0.39, 0.29) is 0 Å². The van der Waals surface area contributed by atoms with Gasteiger partial charge in [0.25, 0.3) is 0 Å². The lowest BCUT2D eigenvalue weighted by molar-refractivity contribution is -0.136. The van der Waals surface area contributed by atoms with Gasteiger partial charge in [0, 0.05) is 9.92 Å². The van der Waals surface area contributed by atoms with Crippen LogP contribution in [-0.2, 0) is 11.2 Å². The highest BCUT2D eigenvalue weighted by molar-refractivity contribution is 8.00. The second-order valence-electron chi connectivity index (χ2n) is 4.49. The summed E-state index contributed by atoms with van der Waals surface area (Å²) in [5.41, 5.74) is 1.93. The second kappa shape index (κ2) is 6.82. The molecule has 0 fully saturated rings. The molecule has 0 aliphatic carbocycles. The normalized spacial score (nSPS) is 12.1. The Kier molecular flexibility index (Phi) is 5.10. The summed E-state index contributed by atoms with van der Waals surface area (Å²) in [5, 5.41) is 9.56. The van der Waals surface area contributed by atoms with Crippen LogP contribution >= 0.6 is 23.4 Å². The predicted molar refractivity (Wildman–Crippen MR) is 83.6 cm³/mol. The summed E-state index contributed by atoms with van der Waals surface area (Å²) in [6, 6.07) is 15.2. The SMILES string of the molecule is Cc1c(Cl)cccc1C[C@@H](Sc1ccccc1)C(=O)O. The Bertz CT molecular complexity index is 599. The topological polar surface area (TPSA) is 37.3 Å². The minimum absolute atomic E-state index is 0.460. The lowest BCUT2D eigenvalue weighted by Crippen LogP contribution is -2.19. The molecule has 0 aliphatic heterocycles. The van der Waals surface area contributed by atoms with E-state index in [4.69, 9.17) is 11.6 Å². The van der Waals surface area contributed by atoms with E-state index in [2.05, 4.69) is 0 Å². The fourth-order valence-electron chi connectivity index (χ4n) is 1.92. The van der Waals surface area contributed by atoms with Crippen LogP contribution in [0.5, 0.6) is 0 Å². The molecule has 2 nitrogen and oxygen atoms in total. The number of aliphatic carboxylic acids is 1. The highest BCUT2D eigenvalue weighted by Gasteiger charge is 2.20. The van der Waals surface area contributed by atoms with Gasteiger partial charge in [0.1, 0.15) is 5.25 Å². The smallest absolute Gasteiger partial charge is 0.317 e. The van der Waals surface area contributed by atoms with E-state index in [1.54, 1.807) is 0 Å². The maximum atomic E-state index is 11.5. The zero-order valence-electron chi connectivity index (χ0n) is 11.0. The number of carboxylic acid groups (broad SMARTS) is 1. The lowest BCUT2D eigenvalue weighted by atomic mass is 10.0. The van der Waals surface area contributed by atoms with Crippen LogP contribution in [0.15, 0.2) is 53.4 Å². The molecule has 2 aromatic carbocycles. The quantitative estimate of drug-likeness (QED) is 0.830. The molecule has 20 heavy (non-hydrogen) atoms. The van der Waals surface area contributed by atoms with Gasteiger partial charge in [-0.25, -0.2) is 0 Å². The van der Waals surface area contributed by atoms with Gasteiger partial charge >= 0.3 is 5.97 Å². The molecule has 4 heteroatoms. The molecule has 0 aliphatic rings. The standard InChI is InChI=1S/C16H15ClO2S/c1-11-12(6-5-9-14(11)17)10-15(16(18)19)20-13-7-3-2-4-8-13/h2-9,15H,10H2,1H3,(H,18,19)/t15-/m1/s1. The fourth-order valence-corrected chi connectivity index (χ4v) is 3.12. The minimum Gasteiger partial charge on any atom is -0.480 e. The van der Waals surface area contributed by atoms with E-state index in [0.717, 1.165) is 16.0 Å². The molecule has 1 atom stereocenters. The summed E-state index contributed by atoms with van der Waals surface area (Å²) in [6.07, 6.45) is 0.460. The van der Waals surface area contributed by atoms with E-state index < -0.39 is 11.2 Å². The monoisotopic (exact) mass is 306 g/mol. The van der Waals surface area contributed by atoms with Crippen LogP contribution in [-0.4, -0.2) is 16.3 Å². The molecule has 0 spiro atoms. The first-order valence-electron chi connectivity index (χ1n) is 6.26. The molecule has 1 N–H and O–H groups in total. The van der Waals surface area contributed by atoms with E-state index in [0.29, 0.717) is 11.4 Å². The number of hydrogen-bond acceptors (Lipinski definition) is 2. The third-order valence-corrected chi connectivity index (χ3v) is 4.69. The zero-order valence-corrected chi connectivity index (χ0v) is 12.6. The van der Waals surface area contributed by atoms with Crippen molar-refractivity contribution in [2.45, 2.75) is 23.5 Å². The van der Waals surface area contributed by atoms with E-state index in [1.165, 1.54) is 11.8 Å². The van der Waals surface area contributed by atoms with E-state index >= 15 is 0 Å². The number of carboxylic acids is 1. The van der Waals surface area contributed by atoms with Crippen LogP contribution in [0, 0.1) is 6.92 Å². The minimum atomic E-state index is -0.807. The summed E-state index contributed by atoms with van der Waals surface area (Å²) in [6.45, 7) is 1.92. The average molecular weight is 307 g/mol. The van der Waals surface area contributed by atoms with Gasteiger partial charge in [-0.1, -0.05) is 41.9 Å². The summed E-state index contributed by atoms with van der Waals surface area (Å²) < 4.78 is 0. The van der Waals surface area contributed by atoms with Crippen molar-refractivity contribution in [1.82, 2.24) is 0 Å². The molecule has 0 bridgehead atoms. The molecule has 2 rings (SSSR count). The largest absolute Gasteiger partial charge is 0.480 e. The van der Waals surface area contributed by atoms with Crippen LogP contribution in [0.3, 0.4) is 0 Å². The van der Waals surface area contributed by atoms with Gasteiger partial charge in [-0.05, 0) is 42.7 Å². The fraction of sp³-hybridized carbons (Fsp3) is 0.188. The summed E-state index contributed by atoms with van der Waals surface area (Å²) in [5.74, 6) is -0.807. The van der Waals surface area contributed by atoms with Crippen molar-refractivity contribution in [2.75, 3.05) is 0 Å². The van der Waals surface area contributed by atoms with E-state index in [9.17, 15) is 9.90 Å². The molecular weight excluding hydrogens is 292 g/mol. The van der Waals surface area contributed by atoms with Gasteiger partial charge in [0.2, 0.25) is 0 Å². The molecule has 0 heterocycles. The molecule has 2 aromatic rings. The molecule has 0 radical (unpaired) electrons. The molecule has 0 unspecified atom stereocenters. The van der Waals surface area contributed by atoms with Crippen molar-refractivity contribution in [2.24, 2.45) is 0 Å². The Morgan fingerprint density at radius 1 is 1.20 bits per heavy atom. The Morgan fingerprint density at radius 2 is 1.90 bits per heavy atom. The maximum Gasteiger partial charge on any atom is 0.317 e. The number of rotatable bonds is 5. The van der Waals surface area contributed by atoms with E-state index in [1.807, 2.05) is 55.5 Å². The van der Waals surface area contributed by atoms with Crippen molar-refractivity contribution in [1.29, 1.82) is 0 Å². The maximum absolute atomic E-state index is 11.5. The third kappa shape index (κ3) is 3.78. The highest BCUT2D eigenvalue weighted by atomic mass is 35.5. The average Bonchev–Trinajstić information content (AvgIpc) is 2.44. The highest BCUT2D eigenvalue weighted by Crippen LogP contribution is 2.28. The Labute approximate surface area is 127 Å². The number of carbonyl (C=O) groups is 1. The van der Waals surface area contributed by atoms with Crippen LogP contribution in [0.1, 0.15) is 11.1 Å². The summed E-state index contributed by atoms with van der Waals surface area (Å²) in [7, 11) is 0. The van der Waals surface area contributed by atoms with Crippen LogP contribution in [0.2, 0.25) is 5.02 Å². The summed E-state index contributed by atoms with van der Waals surface area (Å²) in [4.78, 5) is 12.4. The van der Waals surface area contributed by atoms with Gasteiger partial charge in [0.05, 0.1) is 0 Å². The third-order valence-electron chi connectivity index (χ3n) is 3.08. The Hall–Kier alpha value is -1.45. The van der Waals surface area contributed by atoms with Crippen molar-refractivity contribution >= 4 is 29.3 Å². The van der Waals surface area contributed by atoms with Crippen LogP contribution < -0.4 is 0 Å². The molecular formula is C16H15ClO2S. The van der Waals surface area contributed by atoms with Crippen molar-refractivity contribution < 1.29 is 9.90 Å². The van der Waals surface area contributed by atoms with Gasteiger partial charge in [-0.2, -0.15) is 0 Å². The van der Waals surface area contributed by atoms with Gasteiger partial charge in [-0.3, -0.25) is 4.79 Å². The number of halogens is 1. The molecule has 104 valence electrons. The lowest BCUT2D eigenvalue weighted by Gasteiger charge is -2.14. The summed E-state index contributed by atoms with van der Waals surface area (Å²) >= 11 is 7.45.